The minimum absolute atomic E-state index is 0.153. The van der Waals surface area contributed by atoms with Gasteiger partial charge in [-0.3, -0.25) is 0 Å². The number of nitrogens with zero attached hydrogens (tertiary/aromatic N) is 1. The van der Waals surface area contributed by atoms with Gasteiger partial charge < -0.3 is 15.4 Å². The summed E-state index contributed by atoms with van der Waals surface area (Å²) in [5, 5.41) is 0. The van der Waals surface area contributed by atoms with Crippen molar-refractivity contribution < 1.29 is 9.53 Å². The SMILES string of the molecule is CC(C)(C)OC(=O)N1CCCCC1C1CCCCC1N. The summed E-state index contributed by atoms with van der Waals surface area (Å²) < 4.78 is 5.58. The fourth-order valence-electron chi connectivity index (χ4n) is 3.62. The van der Waals surface area contributed by atoms with E-state index in [-0.39, 0.29) is 18.2 Å². The van der Waals surface area contributed by atoms with Gasteiger partial charge in [-0.15, -0.1) is 0 Å². The average molecular weight is 282 g/mol. The summed E-state index contributed by atoms with van der Waals surface area (Å²) in [6.07, 6.45) is 7.95. The Bertz CT molecular complexity index is 338. The van der Waals surface area contributed by atoms with Crippen LogP contribution in [-0.2, 0) is 4.74 Å². The largest absolute Gasteiger partial charge is 0.444 e. The normalized spacial score (nSPS) is 32.0. The first-order chi connectivity index (χ1) is 9.38. The maximum atomic E-state index is 12.4. The molecule has 2 rings (SSSR count). The van der Waals surface area contributed by atoms with E-state index < -0.39 is 5.60 Å². The third-order valence-electron chi connectivity index (χ3n) is 4.55. The maximum absolute atomic E-state index is 12.4. The van der Waals surface area contributed by atoms with Crippen molar-refractivity contribution in [2.75, 3.05) is 6.54 Å². The maximum Gasteiger partial charge on any atom is 0.410 e. The molecule has 2 N–H and O–H groups in total. The monoisotopic (exact) mass is 282 g/mol. The van der Waals surface area contributed by atoms with E-state index in [1.165, 1.54) is 19.3 Å². The lowest BCUT2D eigenvalue weighted by Gasteiger charge is -2.44. The molecule has 2 fully saturated rings. The number of carbonyl (C=O) groups excluding carboxylic acids is 1. The van der Waals surface area contributed by atoms with Crippen LogP contribution in [0.4, 0.5) is 4.79 Å². The first kappa shape index (κ1) is 15.6. The van der Waals surface area contributed by atoms with Gasteiger partial charge in [-0.05, 0) is 58.8 Å². The second-order valence-electron chi connectivity index (χ2n) is 7.35. The van der Waals surface area contributed by atoms with Gasteiger partial charge in [-0.2, -0.15) is 0 Å². The molecule has 20 heavy (non-hydrogen) atoms. The Morgan fingerprint density at radius 3 is 2.40 bits per heavy atom. The topological polar surface area (TPSA) is 55.6 Å². The molecule has 4 heteroatoms. The number of nitrogens with two attached hydrogens (primary N) is 1. The van der Waals surface area contributed by atoms with Crippen molar-refractivity contribution >= 4 is 6.09 Å². The molecule has 0 aromatic carbocycles. The van der Waals surface area contributed by atoms with Crippen molar-refractivity contribution in [3.8, 4) is 0 Å². The quantitative estimate of drug-likeness (QED) is 0.803. The van der Waals surface area contributed by atoms with Crippen molar-refractivity contribution in [3.05, 3.63) is 0 Å². The summed E-state index contributed by atoms with van der Waals surface area (Å²) in [4.78, 5) is 14.4. The van der Waals surface area contributed by atoms with Crippen molar-refractivity contribution in [1.29, 1.82) is 0 Å². The van der Waals surface area contributed by atoms with E-state index in [1.54, 1.807) is 0 Å². The van der Waals surface area contributed by atoms with Crippen LogP contribution >= 0.6 is 0 Å². The zero-order valence-electron chi connectivity index (χ0n) is 13.2. The van der Waals surface area contributed by atoms with Gasteiger partial charge in [0.15, 0.2) is 0 Å². The molecular weight excluding hydrogens is 252 g/mol. The summed E-state index contributed by atoms with van der Waals surface area (Å²) in [5.74, 6) is 0.455. The molecule has 2 aliphatic rings. The highest BCUT2D eigenvalue weighted by molar-refractivity contribution is 5.68. The molecule has 1 saturated carbocycles. The summed E-state index contributed by atoms with van der Waals surface area (Å²) in [5.41, 5.74) is 5.90. The summed E-state index contributed by atoms with van der Waals surface area (Å²) in [6.45, 7) is 6.60. The Hall–Kier alpha value is -0.770. The van der Waals surface area contributed by atoms with E-state index in [4.69, 9.17) is 10.5 Å². The molecular formula is C16H30N2O2. The highest BCUT2D eigenvalue weighted by atomic mass is 16.6. The number of amides is 1. The van der Waals surface area contributed by atoms with E-state index in [9.17, 15) is 4.79 Å². The first-order valence-corrected chi connectivity index (χ1v) is 8.14. The molecule has 3 atom stereocenters. The van der Waals surface area contributed by atoms with Crippen LogP contribution in [0.25, 0.3) is 0 Å². The van der Waals surface area contributed by atoms with Gasteiger partial charge in [0.2, 0.25) is 0 Å². The van der Waals surface area contributed by atoms with Gasteiger partial charge in [0.25, 0.3) is 0 Å². The van der Waals surface area contributed by atoms with Crippen molar-refractivity contribution in [2.45, 2.75) is 83.4 Å². The molecule has 4 nitrogen and oxygen atoms in total. The number of rotatable bonds is 1. The van der Waals surface area contributed by atoms with Crippen molar-refractivity contribution in [2.24, 2.45) is 11.7 Å². The molecule has 1 aliphatic carbocycles. The van der Waals surface area contributed by atoms with Crippen LogP contribution in [0, 0.1) is 5.92 Å². The Labute approximate surface area is 123 Å². The van der Waals surface area contributed by atoms with E-state index in [1.807, 2.05) is 25.7 Å². The van der Waals surface area contributed by atoms with E-state index in [0.29, 0.717) is 5.92 Å². The van der Waals surface area contributed by atoms with E-state index >= 15 is 0 Å². The molecule has 1 saturated heterocycles. The molecule has 0 aromatic rings. The zero-order chi connectivity index (χ0) is 14.8. The number of hydrogen-bond acceptors (Lipinski definition) is 3. The lowest BCUT2D eigenvalue weighted by molar-refractivity contribution is -0.00353. The zero-order valence-corrected chi connectivity index (χ0v) is 13.2. The second kappa shape index (κ2) is 6.33. The van der Waals surface area contributed by atoms with E-state index in [0.717, 1.165) is 32.2 Å². The van der Waals surface area contributed by atoms with Crippen molar-refractivity contribution in [3.63, 3.8) is 0 Å². The van der Waals surface area contributed by atoms with Crippen LogP contribution in [0.5, 0.6) is 0 Å². The fourth-order valence-corrected chi connectivity index (χ4v) is 3.62. The first-order valence-electron chi connectivity index (χ1n) is 8.14. The number of likely N-dealkylation sites (tertiary alicyclic amines) is 1. The molecule has 1 aliphatic heterocycles. The Balaban J connectivity index is 2.06. The van der Waals surface area contributed by atoms with Gasteiger partial charge in [0.05, 0.1) is 0 Å². The van der Waals surface area contributed by atoms with Crippen LogP contribution in [-0.4, -0.2) is 35.2 Å². The lowest BCUT2D eigenvalue weighted by Crippen LogP contribution is -2.53. The lowest BCUT2D eigenvalue weighted by atomic mass is 9.77. The third kappa shape index (κ3) is 3.87. The van der Waals surface area contributed by atoms with Gasteiger partial charge in [0.1, 0.15) is 5.60 Å². The number of ether oxygens (including phenoxy) is 1. The van der Waals surface area contributed by atoms with Gasteiger partial charge in [0, 0.05) is 18.6 Å². The summed E-state index contributed by atoms with van der Waals surface area (Å²) in [7, 11) is 0. The second-order valence-corrected chi connectivity index (χ2v) is 7.35. The number of piperidine rings is 1. The highest BCUT2D eigenvalue weighted by Gasteiger charge is 2.38. The summed E-state index contributed by atoms with van der Waals surface area (Å²) in [6, 6.07) is 0.533. The Morgan fingerprint density at radius 2 is 1.75 bits per heavy atom. The van der Waals surface area contributed by atoms with Gasteiger partial charge in [-0.1, -0.05) is 12.8 Å². The average Bonchev–Trinajstić information content (AvgIpc) is 2.37. The molecule has 1 amide bonds. The Kier molecular flexibility index (Phi) is 4.95. The van der Waals surface area contributed by atoms with Crippen LogP contribution in [0.3, 0.4) is 0 Å². The molecule has 3 unspecified atom stereocenters. The van der Waals surface area contributed by atoms with E-state index in [2.05, 4.69) is 0 Å². The fraction of sp³-hybridized carbons (Fsp3) is 0.938. The molecule has 0 bridgehead atoms. The minimum Gasteiger partial charge on any atom is -0.444 e. The number of carbonyl (C=O) groups is 1. The van der Waals surface area contributed by atoms with Crippen LogP contribution < -0.4 is 5.73 Å². The van der Waals surface area contributed by atoms with Crippen molar-refractivity contribution in [1.82, 2.24) is 4.90 Å². The molecule has 0 aromatic heterocycles. The van der Waals surface area contributed by atoms with Gasteiger partial charge in [-0.25, -0.2) is 4.79 Å². The standard InChI is InChI=1S/C16H30N2O2/c1-16(2,3)20-15(19)18-11-7-6-10-14(18)12-8-4-5-9-13(12)17/h12-14H,4-11,17H2,1-3H3. The molecule has 0 radical (unpaired) electrons. The summed E-state index contributed by atoms with van der Waals surface area (Å²) >= 11 is 0. The highest BCUT2D eigenvalue weighted by Crippen LogP contribution is 2.33. The minimum atomic E-state index is -0.423. The third-order valence-corrected chi connectivity index (χ3v) is 4.55. The number of hydrogen-bond donors (Lipinski definition) is 1. The molecule has 116 valence electrons. The van der Waals surface area contributed by atoms with Gasteiger partial charge >= 0.3 is 6.09 Å². The van der Waals surface area contributed by atoms with Crippen LogP contribution in [0.2, 0.25) is 0 Å². The van der Waals surface area contributed by atoms with Crippen LogP contribution in [0.15, 0.2) is 0 Å². The predicted octanol–water partition coefficient (Wildman–Crippen LogP) is 3.29. The molecule has 0 spiro atoms. The molecule has 1 heterocycles. The Morgan fingerprint density at radius 1 is 1.10 bits per heavy atom. The van der Waals surface area contributed by atoms with Crippen LogP contribution in [0.1, 0.15) is 65.7 Å². The predicted molar refractivity (Wildman–Crippen MR) is 80.5 cm³/mol. The smallest absolute Gasteiger partial charge is 0.410 e.